The normalized spacial score (nSPS) is 12.6. The predicted molar refractivity (Wildman–Crippen MR) is 58.3 cm³/mol. The van der Waals surface area contributed by atoms with Gasteiger partial charge in [0.25, 0.3) is 0 Å². The molecule has 0 bridgehead atoms. The van der Waals surface area contributed by atoms with Crippen LogP contribution in [0, 0.1) is 5.82 Å². The zero-order valence-corrected chi connectivity index (χ0v) is 9.90. The zero-order valence-electron chi connectivity index (χ0n) is 7.56. The molecule has 0 aliphatic heterocycles. The monoisotopic (exact) mass is 281 g/mol. The van der Waals surface area contributed by atoms with Gasteiger partial charge in [-0.2, -0.15) is 0 Å². The molecule has 0 aromatic heterocycles. The van der Waals surface area contributed by atoms with Crippen LogP contribution < -0.4 is 10.5 Å². The van der Waals surface area contributed by atoms with Crippen LogP contribution in [0.1, 0.15) is 6.92 Å². The number of halogens is 3. The van der Waals surface area contributed by atoms with Crippen molar-refractivity contribution in [3.63, 3.8) is 0 Å². The van der Waals surface area contributed by atoms with E-state index in [4.69, 9.17) is 22.1 Å². The summed E-state index contributed by atoms with van der Waals surface area (Å²) in [6.07, 6.45) is -0.160. The lowest BCUT2D eigenvalue weighted by Crippen LogP contribution is -2.23. The van der Waals surface area contributed by atoms with Crippen molar-refractivity contribution >= 4 is 27.5 Å². The molecular formula is C9H10BrClFNO. The Balaban J connectivity index is 2.92. The molecule has 0 fully saturated rings. The molecule has 0 aliphatic carbocycles. The third kappa shape index (κ3) is 2.83. The van der Waals surface area contributed by atoms with E-state index in [1.54, 1.807) is 6.92 Å². The Hall–Kier alpha value is -0.320. The first-order valence-electron chi connectivity index (χ1n) is 4.06. The Bertz CT molecular complexity index is 335. The second-order valence-electron chi connectivity index (χ2n) is 2.86. The van der Waals surface area contributed by atoms with Gasteiger partial charge in [-0.1, -0.05) is 11.6 Å². The molecule has 0 saturated carbocycles. The molecule has 1 aromatic rings. The van der Waals surface area contributed by atoms with E-state index >= 15 is 0 Å². The highest BCUT2D eigenvalue weighted by Crippen LogP contribution is 2.30. The van der Waals surface area contributed by atoms with Crippen LogP contribution in [0.3, 0.4) is 0 Å². The molecule has 5 heteroatoms. The van der Waals surface area contributed by atoms with Crippen LogP contribution in [0.15, 0.2) is 16.6 Å². The van der Waals surface area contributed by atoms with Crippen molar-refractivity contribution < 1.29 is 9.13 Å². The fourth-order valence-corrected chi connectivity index (χ4v) is 1.59. The number of ether oxygens (including phenoxy) is 1. The lowest BCUT2D eigenvalue weighted by molar-refractivity contribution is 0.227. The van der Waals surface area contributed by atoms with Crippen molar-refractivity contribution in [2.45, 2.75) is 13.0 Å². The van der Waals surface area contributed by atoms with Gasteiger partial charge in [0.15, 0.2) is 0 Å². The summed E-state index contributed by atoms with van der Waals surface area (Å²) in [6.45, 7) is 2.18. The first kappa shape index (κ1) is 11.8. The third-order valence-electron chi connectivity index (χ3n) is 1.63. The molecule has 2 nitrogen and oxygen atoms in total. The van der Waals surface area contributed by atoms with E-state index in [-0.39, 0.29) is 11.1 Å². The van der Waals surface area contributed by atoms with E-state index < -0.39 is 5.82 Å². The van der Waals surface area contributed by atoms with Gasteiger partial charge in [-0.05, 0) is 28.9 Å². The van der Waals surface area contributed by atoms with Gasteiger partial charge in [-0.3, -0.25) is 0 Å². The van der Waals surface area contributed by atoms with Gasteiger partial charge in [-0.25, -0.2) is 4.39 Å². The largest absolute Gasteiger partial charge is 0.488 e. The lowest BCUT2D eigenvalue weighted by Gasteiger charge is -2.14. The number of benzene rings is 1. The van der Waals surface area contributed by atoms with Gasteiger partial charge in [0.1, 0.15) is 17.7 Å². The average Bonchev–Trinajstić information content (AvgIpc) is 2.14. The minimum atomic E-state index is -0.505. The van der Waals surface area contributed by atoms with Crippen molar-refractivity contribution in [2.75, 3.05) is 6.54 Å². The maximum atomic E-state index is 13.0. The van der Waals surface area contributed by atoms with Crippen molar-refractivity contribution in [2.24, 2.45) is 5.73 Å². The highest BCUT2D eigenvalue weighted by atomic mass is 79.9. The molecule has 78 valence electrons. The summed E-state index contributed by atoms with van der Waals surface area (Å²) in [7, 11) is 0. The molecule has 1 unspecified atom stereocenters. The smallest absolute Gasteiger partial charge is 0.145 e. The Morgan fingerprint density at radius 3 is 2.86 bits per heavy atom. The van der Waals surface area contributed by atoms with Crippen molar-refractivity contribution in [1.82, 2.24) is 0 Å². The summed E-state index contributed by atoms with van der Waals surface area (Å²) >= 11 is 8.79. The molecule has 0 aliphatic rings. The van der Waals surface area contributed by atoms with Crippen LogP contribution >= 0.6 is 27.5 Å². The van der Waals surface area contributed by atoms with Gasteiger partial charge < -0.3 is 10.5 Å². The first-order chi connectivity index (χ1) is 6.54. The molecule has 2 N–H and O–H groups in total. The fourth-order valence-electron chi connectivity index (χ4n) is 0.859. The summed E-state index contributed by atoms with van der Waals surface area (Å²) in [5.41, 5.74) is 5.38. The van der Waals surface area contributed by atoms with E-state index in [9.17, 15) is 4.39 Å². The molecule has 1 aromatic carbocycles. The second kappa shape index (κ2) is 4.96. The summed E-state index contributed by atoms with van der Waals surface area (Å²) in [5, 5.41) is 0.0598. The lowest BCUT2D eigenvalue weighted by atomic mass is 10.3. The summed E-state index contributed by atoms with van der Waals surface area (Å²) < 4.78 is 19.0. The van der Waals surface area contributed by atoms with E-state index in [1.807, 2.05) is 0 Å². The number of hydrogen-bond acceptors (Lipinski definition) is 2. The standard InChI is InChI=1S/C9H10BrClFNO/c1-5(4-13)14-9-3-8(12)7(11)2-6(9)10/h2-3,5H,4,13H2,1H3. The van der Waals surface area contributed by atoms with Gasteiger partial charge >= 0.3 is 0 Å². The SMILES string of the molecule is CC(CN)Oc1cc(F)c(Cl)cc1Br. The molecule has 0 amide bonds. The number of hydrogen-bond donors (Lipinski definition) is 1. The van der Waals surface area contributed by atoms with E-state index in [2.05, 4.69) is 15.9 Å². The van der Waals surface area contributed by atoms with Crippen LogP contribution in [-0.2, 0) is 0 Å². The van der Waals surface area contributed by atoms with Crippen molar-refractivity contribution in [1.29, 1.82) is 0 Å². The van der Waals surface area contributed by atoms with Crippen molar-refractivity contribution in [3.8, 4) is 5.75 Å². The molecule has 0 saturated heterocycles. The fraction of sp³-hybridized carbons (Fsp3) is 0.333. The van der Waals surface area contributed by atoms with Crippen LogP contribution in [-0.4, -0.2) is 12.6 Å². The molecule has 1 atom stereocenters. The molecule has 1 rings (SSSR count). The quantitative estimate of drug-likeness (QED) is 0.865. The predicted octanol–water partition coefficient (Wildman–Crippen LogP) is 2.97. The van der Waals surface area contributed by atoms with E-state index in [0.717, 1.165) is 0 Å². The third-order valence-corrected chi connectivity index (χ3v) is 2.54. The zero-order chi connectivity index (χ0) is 10.7. The Labute approximate surface area is 95.3 Å². The minimum absolute atomic E-state index is 0.0598. The van der Waals surface area contributed by atoms with Gasteiger partial charge in [-0.15, -0.1) is 0 Å². The molecular weight excluding hydrogens is 272 g/mol. The Morgan fingerprint density at radius 2 is 2.29 bits per heavy atom. The van der Waals surface area contributed by atoms with E-state index in [0.29, 0.717) is 16.8 Å². The Morgan fingerprint density at radius 1 is 1.64 bits per heavy atom. The van der Waals surface area contributed by atoms with Crippen molar-refractivity contribution in [3.05, 3.63) is 27.4 Å². The summed E-state index contributed by atoms with van der Waals surface area (Å²) in [6, 6.07) is 2.69. The van der Waals surface area contributed by atoms with Crippen LogP contribution in [0.25, 0.3) is 0 Å². The van der Waals surface area contributed by atoms with E-state index in [1.165, 1.54) is 12.1 Å². The first-order valence-corrected chi connectivity index (χ1v) is 5.23. The van der Waals surface area contributed by atoms with Crippen LogP contribution in [0.5, 0.6) is 5.75 Å². The summed E-state index contributed by atoms with van der Waals surface area (Å²) in [4.78, 5) is 0. The van der Waals surface area contributed by atoms with Gasteiger partial charge in [0, 0.05) is 12.6 Å². The molecule has 0 spiro atoms. The molecule has 0 radical (unpaired) electrons. The molecule has 0 heterocycles. The highest BCUT2D eigenvalue weighted by molar-refractivity contribution is 9.10. The second-order valence-corrected chi connectivity index (χ2v) is 4.12. The van der Waals surface area contributed by atoms with Crippen LogP contribution in [0.2, 0.25) is 5.02 Å². The highest BCUT2D eigenvalue weighted by Gasteiger charge is 2.10. The maximum Gasteiger partial charge on any atom is 0.145 e. The minimum Gasteiger partial charge on any atom is -0.488 e. The number of rotatable bonds is 3. The number of nitrogens with two attached hydrogens (primary N) is 1. The topological polar surface area (TPSA) is 35.2 Å². The van der Waals surface area contributed by atoms with Gasteiger partial charge in [0.05, 0.1) is 9.50 Å². The van der Waals surface area contributed by atoms with Gasteiger partial charge in [0.2, 0.25) is 0 Å². The van der Waals surface area contributed by atoms with Crippen LogP contribution in [0.4, 0.5) is 4.39 Å². The summed E-state index contributed by atoms with van der Waals surface area (Å²) in [5.74, 6) is -0.0982. The Kier molecular flexibility index (Phi) is 4.16. The maximum absolute atomic E-state index is 13.0. The molecule has 14 heavy (non-hydrogen) atoms. The average molecular weight is 283 g/mol.